The number of aromatic nitrogens is 1. The Kier molecular flexibility index (Phi) is 6.02. The maximum Gasteiger partial charge on any atom is 0.161 e. The van der Waals surface area contributed by atoms with Crippen LogP contribution in [0.1, 0.15) is 18.1 Å². The molecule has 2 aromatic heterocycles. The number of amidine groups is 1. The number of hydrogen-bond acceptors (Lipinski definition) is 2. The van der Waals surface area contributed by atoms with Gasteiger partial charge < -0.3 is 0 Å². The van der Waals surface area contributed by atoms with Crippen LogP contribution in [0.5, 0.6) is 0 Å². The fraction of sp³-hybridized carbons (Fsp3) is 0.0256. The van der Waals surface area contributed by atoms with E-state index in [4.69, 9.17) is 9.98 Å². The molecule has 0 aliphatic carbocycles. The topological polar surface area (TPSA) is 29.6 Å². The first kappa shape index (κ1) is 25.4. The summed E-state index contributed by atoms with van der Waals surface area (Å²) in [6.07, 6.45) is 0. The molecule has 0 aliphatic heterocycles. The van der Waals surface area contributed by atoms with Crippen molar-refractivity contribution in [3.63, 3.8) is 0 Å². The largest absolute Gasteiger partial charge is 0.296 e. The fourth-order valence-electron chi connectivity index (χ4n) is 6.19. The molecular weight excluding hydrogens is 543 g/mol. The maximum atomic E-state index is 5.26. The van der Waals surface area contributed by atoms with E-state index in [1.165, 1.54) is 47.2 Å². The van der Waals surface area contributed by atoms with Gasteiger partial charge >= 0.3 is 0 Å². The van der Waals surface area contributed by atoms with Gasteiger partial charge in [0.15, 0.2) is 5.84 Å². The van der Waals surface area contributed by atoms with E-state index in [0.717, 1.165) is 22.5 Å². The summed E-state index contributed by atoms with van der Waals surface area (Å²) in [7, 11) is 0. The summed E-state index contributed by atoms with van der Waals surface area (Å²) in [6, 6.07) is 46.4. The molecular formula is C39H27N3S. The SMILES string of the molecule is C=C(N=C(N=C(C)n1c2ccccc2c2sc3c4ccccc4c4ccccc4c3c21)c1ccccc1)c1ccccc1. The summed E-state index contributed by atoms with van der Waals surface area (Å²) in [5, 5.41) is 7.60. The molecule has 0 radical (unpaired) electrons. The van der Waals surface area contributed by atoms with E-state index >= 15 is 0 Å². The predicted molar refractivity (Wildman–Crippen MR) is 187 cm³/mol. The molecule has 8 aromatic rings. The zero-order valence-electron chi connectivity index (χ0n) is 23.7. The first-order valence-corrected chi connectivity index (χ1v) is 15.2. The zero-order valence-corrected chi connectivity index (χ0v) is 24.5. The summed E-state index contributed by atoms with van der Waals surface area (Å²) < 4.78 is 4.91. The molecule has 204 valence electrons. The lowest BCUT2D eigenvalue weighted by atomic mass is 9.98. The Morgan fingerprint density at radius 1 is 0.558 bits per heavy atom. The van der Waals surface area contributed by atoms with Gasteiger partial charge in [-0.3, -0.25) is 4.57 Å². The van der Waals surface area contributed by atoms with Crippen molar-refractivity contribution < 1.29 is 0 Å². The van der Waals surface area contributed by atoms with Crippen LogP contribution in [0.25, 0.3) is 58.4 Å². The lowest BCUT2D eigenvalue weighted by Crippen LogP contribution is -2.11. The lowest BCUT2D eigenvalue weighted by Gasteiger charge is -2.12. The molecule has 8 rings (SSSR count). The number of thiophene rings is 1. The average molecular weight is 570 g/mol. The Morgan fingerprint density at radius 2 is 1.09 bits per heavy atom. The van der Waals surface area contributed by atoms with Crippen LogP contribution in [0.15, 0.2) is 150 Å². The molecule has 0 bridgehead atoms. The molecule has 0 aliphatic rings. The molecule has 43 heavy (non-hydrogen) atoms. The standard InChI is InChI=1S/C39H27N3S/c1-25(27-15-5-3-6-16-27)40-39(28-17-7-4-8-18-28)41-26(2)42-34-24-14-13-23-33(34)38-36(42)35-31-21-11-9-19-29(31)30-20-10-12-22-32(30)37(35)43-38/h3-24H,1H2,2H3. The molecule has 3 nitrogen and oxygen atoms in total. The van der Waals surface area contributed by atoms with Gasteiger partial charge in [0.25, 0.3) is 0 Å². The molecule has 2 heterocycles. The second-order valence-electron chi connectivity index (χ2n) is 10.7. The molecule has 0 atom stereocenters. The third-order valence-electron chi connectivity index (χ3n) is 8.13. The highest BCUT2D eigenvalue weighted by Gasteiger charge is 2.22. The minimum absolute atomic E-state index is 0.632. The Balaban J connectivity index is 1.45. The number of aliphatic imine (C=N–C) groups is 2. The van der Waals surface area contributed by atoms with E-state index in [9.17, 15) is 0 Å². The molecule has 0 spiro atoms. The molecule has 6 aromatic carbocycles. The molecule has 0 amide bonds. The van der Waals surface area contributed by atoms with Crippen LogP contribution < -0.4 is 0 Å². The van der Waals surface area contributed by atoms with Gasteiger partial charge in [-0.1, -0.05) is 134 Å². The Labute approximate surface area is 253 Å². The minimum atomic E-state index is 0.632. The minimum Gasteiger partial charge on any atom is -0.296 e. The van der Waals surface area contributed by atoms with Gasteiger partial charge in [-0.15, -0.1) is 11.3 Å². The van der Waals surface area contributed by atoms with Crippen molar-refractivity contribution in [3.8, 4) is 0 Å². The van der Waals surface area contributed by atoms with Crippen molar-refractivity contribution in [1.82, 2.24) is 4.57 Å². The van der Waals surface area contributed by atoms with Gasteiger partial charge in [0.1, 0.15) is 5.84 Å². The molecule has 4 heteroatoms. The lowest BCUT2D eigenvalue weighted by molar-refractivity contribution is 1.25. The fourth-order valence-corrected chi connectivity index (χ4v) is 7.57. The van der Waals surface area contributed by atoms with Gasteiger partial charge in [0.2, 0.25) is 0 Å². The van der Waals surface area contributed by atoms with Crippen molar-refractivity contribution in [1.29, 1.82) is 0 Å². The molecule has 0 N–H and O–H groups in total. The highest BCUT2D eigenvalue weighted by Crippen LogP contribution is 2.47. The van der Waals surface area contributed by atoms with Crippen LogP contribution in [-0.4, -0.2) is 16.2 Å². The summed E-state index contributed by atoms with van der Waals surface area (Å²) >= 11 is 1.88. The van der Waals surface area contributed by atoms with Gasteiger partial charge in [-0.25, -0.2) is 9.98 Å². The van der Waals surface area contributed by atoms with Crippen molar-refractivity contribution in [3.05, 3.63) is 151 Å². The number of benzene rings is 6. The summed E-state index contributed by atoms with van der Waals surface area (Å²) in [4.78, 5) is 10.2. The number of nitrogens with zero attached hydrogens (tertiary/aromatic N) is 3. The number of fused-ring (bicyclic) bond motifs is 10. The van der Waals surface area contributed by atoms with E-state index in [0.29, 0.717) is 11.5 Å². The second kappa shape index (κ2) is 10.2. The van der Waals surface area contributed by atoms with Crippen LogP contribution in [0, 0.1) is 0 Å². The van der Waals surface area contributed by atoms with Gasteiger partial charge in [0, 0.05) is 26.4 Å². The Hall–Kier alpha value is -5.32. The first-order valence-electron chi connectivity index (χ1n) is 14.4. The van der Waals surface area contributed by atoms with Crippen molar-refractivity contribution in [2.24, 2.45) is 9.98 Å². The van der Waals surface area contributed by atoms with Crippen LogP contribution >= 0.6 is 11.3 Å². The number of hydrogen-bond donors (Lipinski definition) is 0. The average Bonchev–Trinajstić information content (AvgIpc) is 3.61. The summed E-state index contributed by atoms with van der Waals surface area (Å²) in [5.41, 5.74) is 4.92. The van der Waals surface area contributed by atoms with E-state index in [2.05, 4.69) is 103 Å². The van der Waals surface area contributed by atoms with Crippen LogP contribution in [-0.2, 0) is 0 Å². The maximum absolute atomic E-state index is 5.26. The summed E-state index contributed by atoms with van der Waals surface area (Å²) in [6.45, 7) is 6.38. The molecule has 0 saturated heterocycles. The van der Waals surface area contributed by atoms with E-state index < -0.39 is 0 Å². The highest BCUT2D eigenvalue weighted by molar-refractivity contribution is 7.27. The molecule has 0 saturated carbocycles. The highest BCUT2D eigenvalue weighted by atomic mass is 32.1. The smallest absolute Gasteiger partial charge is 0.161 e. The van der Waals surface area contributed by atoms with Crippen LogP contribution in [0.4, 0.5) is 0 Å². The quantitative estimate of drug-likeness (QED) is 0.115. The monoisotopic (exact) mass is 569 g/mol. The van der Waals surface area contributed by atoms with Crippen molar-refractivity contribution in [2.75, 3.05) is 0 Å². The molecule has 0 unspecified atom stereocenters. The zero-order chi connectivity index (χ0) is 28.9. The third-order valence-corrected chi connectivity index (χ3v) is 9.37. The third kappa shape index (κ3) is 4.10. The molecule has 0 fully saturated rings. The second-order valence-corrected chi connectivity index (χ2v) is 11.7. The van der Waals surface area contributed by atoms with E-state index in [1.807, 2.05) is 59.9 Å². The van der Waals surface area contributed by atoms with Crippen LogP contribution in [0.3, 0.4) is 0 Å². The predicted octanol–water partition coefficient (Wildman–Crippen LogP) is 10.7. The number of para-hydroxylation sites is 1. The number of rotatable bonds is 3. The Bertz CT molecular complexity index is 2410. The van der Waals surface area contributed by atoms with Crippen LogP contribution in [0.2, 0.25) is 0 Å². The first-order chi connectivity index (χ1) is 21.2. The van der Waals surface area contributed by atoms with E-state index in [1.54, 1.807) is 0 Å². The summed E-state index contributed by atoms with van der Waals surface area (Å²) in [5.74, 6) is 1.49. The van der Waals surface area contributed by atoms with Crippen molar-refractivity contribution in [2.45, 2.75) is 6.92 Å². The van der Waals surface area contributed by atoms with Crippen molar-refractivity contribution >= 4 is 81.5 Å². The van der Waals surface area contributed by atoms with Gasteiger partial charge in [0.05, 0.1) is 21.4 Å². The normalized spacial score (nSPS) is 12.7. The Morgan fingerprint density at radius 3 is 1.79 bits per heavy atom. The van der Waals surface area contributed by atoms with Gasteiger partial charge in [-0.05, 0) is 34.7 Å². The van der Waals surface area contributed by atoms with E-state index in [-0.39, 0.29) is 0 Å². The van der Waals surface area contributed by atoms with Gasteiger partial charge in [-0.2, -0.15) is 0 Å².